The molecule has 3 nitrogen and oxygen atoms in total. The fourth-order valence-corrected chi connectivity index (χ4v) is 2.00. The summed E-state index contributed by atoms with van der Waals surface area (Å²) in [6.07, 6.45) is 0. The first-order valence-corrected chi connectivity index (χ1v) is 5.91. The van der Waals surface area contributed by atoms with Crippen molar-refractivity contribution in [2.45, 2.75) is 6.92 Å². The quantitative estimate of drug-likeness (QED) is 0.821. The van der Waals surface area contributed by atoms with Gasteiger partial charge in [0.1, 0.15) is 11.5 Å². The van der Waals surface area contributed by atoms with Gasteiger partial charge in [0.2, 0.25) is 0 Å². The van der Waals surface area contributed by atoms with Gasteiger partial charge < -0.3 is 4.90 Å². The predicted octanol–water partition coefficient (Wildman–Crippen LogP) is 2.87. The first-order valence-electron chi connectivity index (χ1n) is 5.03. The van der Waals surface area contributed by atoms with Gasteiger partial charge in [-0.15, -0.1) is 11.3 Å². The molecule has 0 bridgehead atoms. The average Bonchev–Trinajstić information content (AvgIpc) is 2.75. The van der Waals surface area contributed by atoms with E-state index in [4.69, 9.17) is 0 Å². The molecule has 0 aliphatic rings. The number of anilines is 1. The standard InChI is InChI=1S/C12H11FN2OS/c1-8-14-11(7-17-8)12(16)15(2)10-5-3-9(13)4-6-10/h3-7H,1-2H3. The van der Waals surface area contributed by atoms with E-state index in [0.717, 1.165) is 5.01 Å². The van der Waals surface area contributed by atoms with Crippen molar-refractivity contribution in [2.75, 3.05) is 11.9 Å². The highest BCUT2D eigenvalue weighted by Gasteiger charge is 2.15. The molecule has 0 aliphatic carbocycles. The number of aryl methyl sites for hydroxylation is 1. The van der Waals surface area contributed by atoms with E-state index >= 15 is 0 Å². The van der Waals surface area contributed by atoms with Gasteiger partial charge >= 0.3 is 0 Å². The lowest BCUT2D eigenvalue weighted by molar-refractivity contribution is 0.0989. The summed E-state index contributed by atoms with van der Waals surface area (Å²) in [6.45, 7) is 1.85. The predicted molar refractivity (Wildman–Crippen MR) is 66.0 cm³/mol. The molecule has 5 heteroatoms. The lowest BCUT2D eigenvalue weighted by Crippen LogP contribution is -2.26. The van der Waals surface area contributed by atoms with Crippen LogP contribution in [-0.4, -0.2) is 17.9 Å². The summed E-state index contributed by atoms with van der Waals surface area (Å²) < 4.78 is 12.8. The molecule has 0 saturated carbocycles. The van der Waals surface area contributed by atoms with Crippen molar-refractivity contribution < 1.29 is 9.18 Å². The lowest BCUT2D eigenvalue weighted by Gasteiger charge is -2.15. The normalized spacial score (nSPS) is 10.3. The molecule has 2 aromatic rings. The largest absolute Gasteiger partial charge is 0.310 e. The van der Waals surface area contributed by atoms with Gasteiger partial charge in [0.05, 0.1) is 5.01 Å². The Kier molecular flexibility index (Phi) is 3.19. The second-order valence-electron chi connectivity index (χ2n) is 3.59. The maximum Gasteiger partial charge on any atom is 0.277 e. The van der Waals surface area contributed by atoms with Crippen molar-refractivity contribution in [1.29, 1.82) is 0 Å². The topological polar surface area (TPSA) is 33.2 Å². The highest BCUT2D eigenvalue weighted by Crippen LogP contribution is 2.17. The van der Waals surface area contributed by atoms with E-state index in [-0.39, 0.29) is 11.7 Å². The second kappa shape index (κ2) is 4.63. The number of nitrogens with zero attached hydrogens (tertiary/aromatic N) is 2. The molecule has 1 heterocycles. The molecule has 0 fully saturated rings. The first-order chi connectivity index (χ1) is 8.08. The Bertz CT molecular complexity index is 536. The van der Waals surface area contributed by atoms with Crippen LogP contribution in [0, 0.1) is 12.7 Å². The van der Waals surface area contributed by atoms with Gasteiger partial charge in [-0.3, -0.25) is 4.79 Å². The Morgan fingerprint density at radius 1 is 1.35 bits per heavy atom. The zero-order chi connectivity index (χ0) is 12.4. The molecule has 0 aliphatic heterocycles. The Hall–Kier alpha value is -1.75. The monoisotopic (exact) mass is 250 g/mol. The number of aromatic nitrogens is 1. The Labute approximate surface area is 103 Å². The van der Waals surface area contributed by atoms with E-state index in [1.54, 1.807) is 24.6 Å². The summed E-state index contributed by atoms with van der Waals surface area (Å²) in [4.78, 5) is 17.6. The maximum atomic E-state index is 12.8. The van der Waals surface area contributed by atoms with Crippen LogP contribution in [0.1, 0.15) is 15.5 Å². The number of amides is 1. The minimum absolute atomic E-state index is 0.194. The van der Waals surface area contributed by atoms with Crippen LogP contribution >= 0.6 is 11.3 Å². The molecule has 1 aromatic carbocycles. The van der Waals surface area contributed by atoms with Crippen molar-refractivity contribution in [3.8, 4) is 0 Å². The Balaban J connectivity index is 2.23. The van der Waals surface area contributed by atoms with Gasteiger partial charge in [0.15, 0.2) is 0 Å². The number of benzene rings is 1. The van der Waals surface area contributed by atoms with Crippen LogP contribution in [0.2, 0.25) is 0 Å². The third-order valence-electron chi connectivity index (χ3n) is 2.36. The molecule has 1 amide bonds. The van der Waals surface area contributed by atoms with Gasteiger partial charge in [0.25, 0.3) is 5.91 Å². The summed E-state index contributed by atoms with van der Waals surface area (Å²) >= 11 is 1.43. The van der Waals surface area contributed by atoms with Gasteiger partial charge in [0, 0.05) is 18.1 Å². The number of thiazole rings is 1. The average molecular weight is 250 g/mol. The van der Waals surface area contributed by atoms with E-state index in [1.165, 1.54) is 28.4 Å². The zero-order valence-corrected chi connectivity index (χ0v) is 10.3. The number of halogens is 1. The molecule has 0 spiro atoms. The number of rotatable bonds is 2. The van der Waals surface area contributed by atoms with Crippen LogP contribution in [0.25, 0.3) is 0 Å². The molecular formula is C12H11FN2OS. The van der Waals surface area contributed by atoms with Crippen LogP contribution in [-0.2, 0) is 0 Å². The van der Waals surface area contributed by atoms with Gasteiger partial charge in [-0.2, -0.15) is 0 Å². The van der Waals surface area contributed by atoms with E-state index in [9.17, 15) is 9.18 Å². The maximum absolute atomic E-state index is 12.8. The van der Waals surface area contributed by atoms with Crippen LogP contribution in [0.3, 0.4) is 0 Å². The third kappa shape index (κ3) is 2.50. The molecule has 17 heavy (non-hydrogen) atoms. The van der Waals surface area contributed by atoms with Gasteiger partial charge in [-0.1, -0.05) is 0 Å². The molecule has 0 saturated heterocycles. The highest BCUT2D eigenvalue weighted by molar-refractivity contribution is 7.09. The van der Waals surface area contributed by atoms with Crippen molar-refractivity contribution in [3.05, 3.63) is 46.2 Å². The van der Waals surface area contributed by atoms with Crippen LogP contribution < -0.4 is 4.90 Å². The number of hydrogen-bond acceptors (Lipinski definition) is 3. The van der Waals surface area contributed by atoms with Crippen molar-refractivity contribution >= 4 is 22.9 Å². The van der Waals surface area contributed by atoms with E-state index in [1.807, 2.05) is 6.92 Å². The summed E-state index contributed by atoms with van der Waals surface area (Å²) in [5.41, 5.74) is 1.06. The van der Waals surface area contributed by atoms with Crippen LogP contribution in [0.4, 0.5) is 10.1 Å². The fraction of sp³-hybridized carbons (Fsp3) is 0.167. The molecule has 0 atom stereocenters. The molecular weight excluding hydrogens is 239 g/mol. The molecule has 0 radical (unpaired) electrons. The van der Waals surface area contributed by atoms with Crippen LogP contribution in [0.5, 0.6) is 0 Å². The third-order valence-corrected chi connectivity index (χ3v) is 3.13. The van der Waals surface area contributed by atoms with E-state index in [0.29, 0.717) is 11.4 Å². The molecule has 2 rings (SSSR count). The minimum atomic E-state index is -0.320. The van der Waals surface area contributed by atoms with Crippen molar-refractivity contribution in [3.63, 3.8) is 0 Å². The van der Waals surface area contributed by atoms with E-state index < -0.39 is 0 Å². The highest BCUT2D eigenvalue weighted by atomic mass is 32.1. The Morgan fingerprint density at radius 2 is 2.00 bits per heavy atom. The number of hydrogen-bond donors (Lipinski definition) is 0. The smallest absolute Gasteiger partial charge is 0.277 e. The summed E-state index contributed by atoms with van der Waals surface area (Å²) in [7, 11) is 1.64. The number of carbonyl (C=O) groups is 1. The fourth-order valence-electron chi connectivity index (χ4n) is 1.42. The summed E-state index contributed by atoms with van der Waals surface area (Å²) in [5.74, 6) is -0.514. The molecule has 1 aromatic heterocycles. The van der Waals surface area contributed by atoms with Gasteiger partial charge in [-0.05, 0) is 31.2 Å². The lowest BCUT2D eigenvalue weighted by atomic mass is 10.3. The SMILES string of the molecule is Cc1nc(C(=O)N(C)c2ccc(F)cc2)cs1. The second-order valence-corrected chi connectivity index (χ2v) is 4.65. The zero-order valence-electron chi connectivity index (χ0n) is 9.48. The number of carbonyl (C=O) groups excluding carboxylic acids is 1. The van der Waals surface area contributed by atoms with Crippen molar-refractivity contribution in [2.24, 2.45) is 0 Å². The van der Waals surface area contributed by atoms with Gasteiger partial charge in [-0.25, -0.2) is 9.37 Å². The van der Waals surface area contributed by atoms with Crippen LogP contribution in [0.15, 0.2) is 29.6 Å². The Morgan fingerprint density at radius 3 is 2.53 bits per heavy atom. The van der Waals surface area contributed by atoms with Crippen molar-refractivity contribution in [1.82, 2.24) is 4.98 Å². The molecule has 0 unspecified atom stereocenters. The summed E-state index contributed by atoms with van der Waals surface area (Å²) in [5, 5.41) is 2.57. The van der Waals surface area contributed by atoms with E-state index in [2.05, 4.69) is 4.98 Å². The minimum Gasteiger partial charge on any atom is -0.310 e. The molecule has 88 valence electrons. The first kappa shape index (κ1) is 11.7. The summed E-state index contributed by atoms with van der Waals surface area (Å²) in [6, 6.07) is 5.77. The molecule has 0 N–H and O–H groups in total.